The molecule has 1 fully saturated rings. The lowest BCUT2D eigenvalue weighted by Gasteiger charge is -2.47. The van der Waals surface area contributed by atoms with Gasteiger partial charge >= 0.3 is 11.9 Å². The fraction of sp³-hybridized carbons (Fsp3) is 0.881. The van der Waals surface area contributed by atoms with Crippen molar-refractivity contribution in [1.82, 2.24) is 19.6 Å². The van der Waals surface area contributed by atoms with Crippen LogP contribution in [0.1, 0.15) is 147 Å². The maximum absolute atomic E-state index is 13.7. The van der Waals surface area contributed by atoms with Crippen molar-refractivity contribution in [3.05, 3.63) is 0 Å². The third-order valence-electron chi connectivity index (χ3n) is 9.90. The second-order valence-electron chi connectivity index (χ2n) is 18.5. The molecule has 0 aliphatic carbocycles. The van der Waals surface area contributed by atoms with Gasteiger partial charge in [0.25, 0.3) is 12.9 Å². The van der Waals surface area contributed by atoms with Crippen molar-refractivity contribution in [1.29, 1.82) is 0 Å². The van der Waals surface area contributed by atoms with Crippen molar-refractivity contribution < 1.29 is 42.9 Å². The maximum atomic E-state index is 13.7. The predicted molar refractivity (Wildman–Crippen MR) is 215 cm³/mol. The van der Waals surface area contributed by atoms with E-state index in [-0.39, 0.29) is 30.9 Å². The summed E-state index contributed by atoms with van der Waals surface area (Å²) in [5.74, 6) is -0.547. The molecule has 1 unspecified atom stereocenters. The zero-order valence-corrected chi connectivity index (χ0v) is 36.8. The number of carbonyl (C=O) groups excluding carboxylic acids is 5. The van der Waals surface area contributed by atoms with Crippen LogP contribution in [0.2, 0.25) is 0 Å². The van der Waals surface area contributed by atoms with Gasteiger partial charge in [0.2, 0.25) is 5.91 Å². The normalized spacial score (nSPS) is 17.7. The number of rotatable bonds is 26. The first-order chi connectivity index (χ1) is 25.5. The number of ether oxygens (including phenoxy) is 4. The van der Waals surface area contributed by atoms with E-state index in [0.29, 0.717) is 90.7 Å². The standard InChI is InChI=1S/C42H78N4O9/c1-13-15-23-45(24-16-14-2)35(49)19-17-18-20-42(46(26-22-41(11,12)53-34-48)30-37(51)55-39(6,7)8)31-43(25-21-40(9,10)52-33-47)27-28-44(32-42)29-36(50)54-38(3,4)5/h33-34H,13-32H2,1-12H3. The first-order valence-electron chi connectivity index (χ1n) is 20.6. The Morgan fingerprint density at radius 1 is 0.673 bits per heavy atom. The Morgan fingerprint density at radius 3 is 1.71 bits per heavy atom. The summed E-state index contributed by atoms with van der Waals surface area (Å²) >= 11 is 0. The van der Waals surface area contributed by atoms with E-state index in [1.54, 1.807) is 0 Å². The molecule has 0 aromatic carbocycles. The second-order valence-corrected chi connectivity index (χ2v) is 18.5. The summed E-state index contributed by atoms with van der Waals surface area (Å²) in [5, 5.41) is 0. The molecule has 55 heavy (non-hydrogen) atoms. The highest BCUT2D eigenvalue weighted by molar-refractivity contribution is 5.76. The molecular weight excluding hydrogens is 704 g/mol. The van der Waals surface area contributed by atoms with E-state index in [1.807, 2.05) is 74.1 Å². The molecule has 0 aromatic rings. The Labute approximate surface area is 333 Å². The third-order valence-corrected chi connectivity index (χ3v) is 9.90. The lowest BCUT2D eigenvalue weighted by atomic mass is 9.87. The van der Waals surface area contributed by atoms with Gasteiger partial charge in [0, 0.05) is 64.3 Å². The van der Waals surface area contributed by atoms with Crippen LogP contribution < -0.4 is 0 Å². The molecule has 1 heterocycles. The molecule has 0 spiro atoms. The van der Waals surface area contributed by atoms with Gasteiger partial charge in [0.05, 0.1) is 13.1 Å². The molecule has 0 radical (unpaired) electrons. The number of nitrogens with zero attached hydrogens (tertiary/aromatic N) is 4. The zero-order valence-electron chi connectivity index (χ0n) is 36.8. The Morgan fingerprint density at radius 2 is 1.18 bits per heavy atom. The van der Waals surface area contributed by atoms with Crippen molar-refractivity contribution in [2.75, 3.05) is 65.4 Å². The average molecular weight is 783 g/mol. The van der Waals surface area contributed by atoms with Gasteiger partial charge < -0.3 is 28.7 Å². The summed E-state index contributed by atoms with van der Waals surface area (Å²) < 4.78 is 22.5. The van der Waals surface area contributed by atoms with Gasteiger partial charge in [-0.3, -0.25) is 33.8 Å². The van der Waals surface area contributed by atoms with Gasteiger partial charge in [-0.1, -0.05) is 33.1 Å². The molecule has 0 saturated carbocycles. The molecular formula is C42H78N4O9. The largest absolute Gasteiger partial charge is 0.462 e. The van der Waals surface area contributed by atoms with E-state index >= 15 is 0 Å². The molecule has 320 valence electrons. The number of unbranched alkanes of at least 4 members (excludes halogenated alkanes) is 3. The van der Waals surface area contributed by atoms with Crippen molar-refractivity contribution in [2.45, 2.75) is 175 Å². The van der Waals surface area contributed by atoms with E-state index in [2.05, 4.69) is 28.5 Å². The van der Waals surface area contributed by atoms with E-state index in [4.69, 9.17) is 18.9 Å². The molecule has 0 bridgehead atoms. The van der Waals surface area contributed by atoms with Crippen LogP contribution in [-0.4, -0.2) is 144 Å². The van der Waals surface area contributed by atoms with Crippen LogP contribution >= 0.6 is 0 Å². The lowest BCUT2D eigenvalue weighted by Crippen LogP contribution is -2.62. The Balaban J connectivity index is 3.74. The van der Waals surface area contributed by atoms with Crippen LogP contribution in [0.3, 0.4) is 0 Å². The van der Waals surface area contributed by atoms with Crippen LogP contribution in [0.5, 0.6) is 0 Å². The van der Waals surface area contributed by atoms with Gasteiger partial charge in [0.1, 0.15) is 22.4 Å². The second kappa shape index (κ2) is 23.5. The van der Waals surface area contributed by atoms with E-state index in [9.17, 15) is 24.0 Å². The van der Waals surface area contributed by atoms with E-state index in [0.717, 1.165) is 38.8 Å². The highest BCUT2D eigenvalue weighted by Gasteiger charge is 2.44. The smallest absolute Gasteiger partial charge is 0.320 e. The molecule has 13 heteroatoms. The minimum absolute atomic E-state index is 0.0248. The van der Waals surface area contributed by atoms with E-state index in [1.165, 1.54) is 0 Å². The first kappa shape index (κ1) is 50.2. The summed E-state index contributed by atoms with van der Waals surface area (Å²) in [7, 11) is 0. The number of hydrogen-bond acceptors (Lipinski definition) is 12. The van der Waals surface area contributed by atoms with Crippen LogP contribution in [0.25, 0.3) is 0 Å². The molecule has 1 atom stereocenters. The molecule has 1 aliphatic heterocycles. The topological polar surface area (TPSA) is 135 Å². The summed E-state index contributed by atoms with van der Waals surface area (Å²) in [4.78, 5) is 71.9. The Hall–Kier alpha value is -2.77. The minimum Gasteiger partial charge on any atom is -0.462 e. The van der Waals surface area contributed by atoms with Crippen LogP contribution in [0.15, 0.2) is 0 Å². The van der Waals surface area contributed by atoms with Crippen molar-refractivity contribution in [3.63, 3.8) is 0 Å². The molecule has 1 rings (SSSR count). The Bertz CT molecular complexity index is 1170. The number of hydrogen-bond donors (Lipinski definition) is 0. The Kier molecular flexibility index (Phi) is 21.4. The summed E-state index contributed by atoms with van der Waals surface area (Å²) in [6.07, 6.45) is 7.42. The number of esters is 2. The summed E-state index contributed by atoms with van der Waals surface area (Å²) in [6.45, 7) is 28.5. The SMILES string of the molecule is CCCCN(CCCC)C(=O)CCCCC1(N(CCC(C)(C)OC=O)CC(=O)OC(C)(C)C)CN(CCC(C)(C)OC=O)CCN(CC(=O)OC(C)(C)C)C1. The average Bonchev–Trinajstić information content (AvgIpc) is 3.21. The maximum Gasteiger partial charge on any atom is 0.320 e. The minimum atomic E-state index is -0.807. The number of carbonyl (C=O) groups is 5. The van der Waals surface area contributed by atoms with Crippen LogP contribution in [-0.2, 0) is 42.9 Å². The monoisotopic (exact) mass is 783 g/mol. The molecule has 0 N–H and O–H groups in total. The van der Waals surface area contributed by atoms with Crippen molar-refractivity contribution in [3.8, 4) is 0 Å². The first-order valence-corrected chi connectivity index (χ1v) is 20.6. The van der Waals surface area contributed by atoms with Crippen LogP contribution in [0, 0.1) is 0 Å². The highest BCUT2D eigenvalue weighted by Crippen LogP contribution is 2.31. The van der Waals surface area contributed by atoms with Crippen LogP contribution in [0.4, 0.5) is 0 Å². The predicted octanol–water partition coefficient (Wildman–Crippen LogP) is 6.00. The summed E-state index contributed by atoms with van der Waals surface area (Å²) in [5.41, 5.74) is -3.56. The fourth-order valence-corrected chi connectivity index (χ4v) is 6.89. The van der Waals surface area contributed by atoms with E-state index < -0.39 is 27.9 Å². The van der Waals surface area contributed by atoms with Gasteiger partial charge in [-0.15, -0.1) is 0 Å². The molecule has 13 nitrogen and oxygen atoms in total. The van der Waals surface area contributed by atoms with Gasteiger partial charge in [0.15, 0.2) is 0 Å². The van der Waals surface area contributed by atoms with Crippen molar-refractivity contribution >= 4 is 30.8 Å². The molecule has 1 aliphatic rings. The number of amides is 1. The molecule has 1 saturated heterocycles. The van der Waals surface area contributed by atoms with Gasteiger partial charge in [-0.05, 0) is 108 Å². The van der Waals surface area contributed by atoms with Gasteiger partial charge in [-0.25, -0.2) is 0 Å². The molecule has 0 aromatic heterocycles. The summed E-state index contributed by atoms with van der Waals surface area (Å²) in [6, 6.07) is 0. The van der Waals surface area contributed by atoms with Crippen molar-refractivity contribution in [2.24, 2.45) is 0 Å². The highest BCUT2D eigenvalue weighted by atomic mass is 16.6. The molecule has 1 amide bonds. The lowest BCUT2D eigenvalue weighted by molar-refractivity contribution is -0.161. The quantitative estimate of drug-likeness (QED) is 0.0441. The third kappa shape index (κ3) is 21.4. The zero-order chi connectivity index (χ0) is 41.9. The fourth-order valence-electron chi connectivity index (χ4n) is 6.89. The van der Waals surface area contributed by atoms with Gasteiger partial charge in [-0.2, -0.15) is 0 Å².